The molecule has 0 bridgehead atoms. The summed E-state index contributed by atoms with van der Waals surface area (Å²) in [6, 6.07) is 9.82. The SMILES string of the molecule is CC(C)C(C(=O)NCC(C)(O)CN1CCOCC1)c1ccccc1. The maximum Gasteiger partial charge on any atom is 0.227 e. The second kappa shape index (κ2) is 8.60. The molecule has 1 aliphatic rings. The Morgan fingerprint density at radius 1 is 1.29 bits per heavy atom. The lowest BCUT2D eigenvalue weighted by molar-refractivity contribution is -0.125. The first kappa shape index (κ1) is 18.9. The predicted octanol–water partition coefficient (Wildman–Crippen LogP) is 1.63. The average molecular weight is 334 g/mol. The number of aliphatic hydroxyl groups is 1. The highest BCUT2D eigenvalue weighted by molar-refractivity contribution is 5.84. The smallest absolute Gasteiger partial charge is 0.227 e. The molecule has 134 valence electrons. The molecule has 0 aromatic heterocycles. The number of carbonyl (C=O) groups excluding carboxylic acids is 1. The first-order valence-corrected chi connectivity index (χ1v) is 8.74. The van der Waals surface area contributed by atoms with Crippen LogP contribution in [0.2, 0.25) is 0 Å². The Morgan fingerprint density at radius 2 is 1.92 bits per heavy atom. The molecule has 5 nitrogen and oxygen atoms in total. The third-order valence-electron chi connectivity index (χ3n) is 4.42. The van der Waals surface area contributed by atoms with Crippen molar-refractivity contribution in [2.75, 3.05) is 39.4 Å². The van der Waals surface area contributed by atoms with Crippen molar-refractivity contribution >= 4 is 5.91 Å². The summed E-state index contributed by atoms with van der Waals surface area (Å²) >= 11 is 0. The third-order valence-corrected chi connectivity index (χ3v) is 4.42. The lowest BCUT2D eigenvalue weighted by Crippen LogP contribution is -2.52. The molecule has 1 amide bonds. The molecular weight excluding hydrogens is 304 g/mol. The van der Waals surface area contributed by atoms with Gasteiger partial charge < -0.3 is 15.2 Å². The van der Waals surface area contributed by atoms with Crippen molar-refractivity contribution in [3.05, 3.63) is 35.9 Å². The minimum atomic E-state index is -0.953. The van der Waals surface area contributed by atoms with Gasteiger partial charge in [0, 0.05) is 26.2 Å². The van der Waals surface area contributed by atoms with E-state index in [9.17, 15) is 9.90 Å². The number of hydrogen-bond donors (Lipinski definition) is 2. The molecule has 2 atom stereocenters. The van der Waals surface area contributed by atoms with Gasteiger partial charge >= 0.3 is 0 Å². The summed E-state index contributed by atoms with van der Waals surface area (Å²) in [5, 5.41) is 13.6. The molecule has 0 saturated carbocycles. The Balaban J connectivity index is 1.92. The van der Waals surface area contributed by atoms with Gasteiger partial charge in [0.25, 0.3) is 0 Å². The molecule has 2 N–H and O–H groups in total. The number of amides is 1. The predicted molar refractivity (Wildman–Crippen MR) is 94.9 cm³/mol. The second-order valence-electron chi connectivity index (χ2n) is 7.24. The van der Waals surface area contributed by atoms with Gasteiger partial charge in [-0.25, -0.2) is 0 Å². The summed E-state index contributed by atoms with van der Waals surface area (Å²) in [6.45, 7) is 9.69. The first-order valence-electron chi connectivity index (χ1n) is 8.74. The van der Waals surface area contributed by atoms with E-state index in [-0.39, 0.29) is 24.3 Å². The number of rotatable bonds is 7. The summed E-state index contributed by atoms with van der Waals surface area (Å²) in [5.74, 6) is -0.0413. The Bertz CT molecular complexity index is 511. The van der Waals surface area contributed by atoms with Crippen LogP contribution in [0.25, 0.3) is 0 Å². The van der Waals surface area contributed by atoms with E-state index < -0.39 is 5.60 Å². The Hall–Kier alpha value is -1.43. The summed E-state index contributed by atoms with van der Waals surface area (Å²) < 4.78 is 5.33. The quantitative estimate of drug-likeness (QED) is 0.795. The number of ether oxygens (including phenoxy) is 1. The van der Waals surface area contributed by atoms with Crippen molar-refractivity contribution in [2.45, 2.75) is 32.3 Å². The highest BCUT2D eigenvalue weighted by Gasteiger charge is 2.29. The van der Waals surface area contributed by atoms with E-state index >= 15 is 0 Å². The molecule has 0 aliphatic carbocycles. The number of morpholine rings is 1. The molecular formula is C19H30N2O3. The largest absolute Gasteiger partial charge is 0.387 e. The molecule has 1 heterocycles. The summed E-state index contributed by atoms with van der Waals surface area (Å²) in [4.78, 5) is 14.8. The van der Waals surface area contributed by atoms with Gasteiger partial charge in [0.1, 0.15) is 0 Å². The van der Waals surface area contributed by atoms with E-state index in [4.69, 9.17) is 4.74 Å². The summed E-state index contributed by atoms with van der Waals surface area (Å²) in [6.07, 6.45) is 0. The summed E-state index contributed by atoms with van der Waals surface area (Å²) in [5.41, 5.74) is 0.0587. The van der Waals surface area contributed by atoms with Crippen LogP contribution in [-0.2, 0) is 9.53 Å². The Morgan fingerprint density at radius 3 is 2.50 bits per heavy atom. The molecule has 1 saturated heterocycles. The Labute approximate surface area is 145 Å². The van der Waals surface area contributed by atoms with Gasteiger partial charge in [-0.1, -0.05) is 44.2 Å². The van der Waals surface area contributed by atoms with Crippen LogP contribution in [0.1, 0.15) is 32.3 Å². The van der Waals surface area contributed by atoms with Crippen LogP contribution in [0.3, 0.4) is 0 Å². The standard InChI is InChI=1S/C19H30N2O3/c1-15(2)17(16-7-5-4-6-8-16)18(22)20-13-19(3,23)14-21-9-11-24-12-10-21/h4-8,15,17,23H,9-14H2,1-3H3,(H,20,22). The molecule has 1 aromatic rings. The topological polar surface area (TPSA) is 61.8 Å². The number of benzene rings is 1. The van der Waals surface area contributed by atoms with Crippen LogP contribution in [0.15, 0.2) is 30.3 Å². The van der Waals surface area contributed by atoms with Gasteiger partial charge in [0.2, 0.25) is 5.91 Å². The first-order chi connectivity index (χ1) is 11.4. The zero-order chi connectivity index (χ0) is 17.6. The lowest BCUT2D eigenvalue weighted by Gasteiger charge is -2.34. The zero-order valence-corrected chi connectivity index (χ0v) is 15.0. The number of nitrogens with one attached hydrogen (secondary N) is 1. The fourth-order valence-electron chi connectivity index (χ4n) is 3.18. The normalized spacial score (nSPS) is 19.7. The lowest BCUT2D eigenvalue weighted by atomic mass is 9.87. The van der Waals surface area contributed by atoms with Gasteiger partial charge in [-0.2, -0.15) is 0 Å². The van der Waals surface area contributed by atoms with Gasteiger partial charge in [-0.05, 0) is 18.4 Å². The van der Waals surface area contributed by atoms with E-state index in [0.717, 1.165) is 18.7 Å². The van der Waals surface area contributed by atoms with E-state index in [1.807, 2.05) is 44.2 Å². The highest BCUT2D eigenvalue weighted by atomic mass is 16.5. The number of nitrogens with zero attached hydrogens (tertiary/aromatic N) is 1. The summed E-state index contributed by atoms with van der Waals surface area (Å²) in [7, 11) is 0. The molecule has 5 heteroatoms. The van der Waals surface area contributed by atoms with Crippen LogP contribution >= 0.6 is 0 Å². The molecule has 2 rings (SSSR count). The molecule has 24 heavy (non-hydrogen) atoms. The number of carbonyl (C=O) groups is 1. The molecule has 1 fully saturated rings. The third kappa shape index (κ3) is 5.58. The monoisotopic (exact) mass is 334 g/mol. The molecule has 1 aromatic carbocycles. The van der Waals surface area contributed by atoms with Gasteiger partial charge in [0.05, 0.1) is 24.7 Å². The molecule has 0 spiro atoms. The van der Waals surface area contributed by atoms with Crippen LogP contribution in [-0.4, -0.2) is 60.9 Å². The minimum absolute atomic E-state index is 0.0292. The maximum absolute atomic E-state index is 12.7. The van der Waals surface area contributed by atoms with E-state index in [0.29, 0.717) is 19.8 Å². The average Bonchev–Trinajstić information content (AvgIpc) is 2.54. The molecule has 0 radical (unpaired) electrons. The van der Waals surface area contributed by atoms with Crippen LogP contribution in [0, 0.1) is 5.92 Å². The fraction of sp³-hybridized carbons (Fsp3) is 0.632. The van der Waals surface area contributed by atoms with Crippen molar-refractivity contribution in [2.24, 2.45) is 5.92 Å². The van der Waals surface area contributed by atoms with Gasteiger partial charge in [0.15, 0.2) is 0 Å². The Kier molecular flexibility index (Phi) is 6.78. The van der Waals surface area contributed by atoms with Crippen molar-refractivity contribution < 1.29 is 14.6 Å². The minimum Gasteiger partial charge on any atom is -0.387 e. The van der Waals surface area contributed by atoms with Crippen molar-refractivity contribution in [1.29, 1.82) is 0 Å². The molecule has 1 aliphatic heterocycles. The number of β-amino-alcohol motifs (C(OH)–C–C–N with tert-alkyl or cyclic N) is 1. The number of hydrogen-bond acceptors (Lipinski definition) is 4. The van der Waals surface area contributed by atoms with Crippen LogP contribution in [0.4, 0.5) is 0 Å². The van der Waals surface area contributed by atoms with Gasteiger partial charge in [-0.15, -0.1) is 0 Å². The second-order valence-corrected chi connectivity index (χ2v) is 7.24. The highest BCUT2D eigenvalue weighted by Crippen LogP contribution is 2.24. The van der Waals surface area contributed by atoms with Crippen LogP contribution in [0.5, 0.6) is 0 Å². The molecule has 2 unspecified atom stereocenters. The van der Waals surface area contributed by atoms with Crippen molar-refractivity contribution in [1.82, 2.24) is 10.2 Å². The van der Waals surface area contributed by atoms with Crippen molar-refractivity contribution in [3.8, 4) is 0 Å². The van der Waals surface area contributed by atoms with E-state index in [2.05, 4.69) is 10.2 Å². The van der Waals surface area contributed by atoms with Gasteiger partial charge in [-0.3, -0.25) is 9.69 Å². The van der Waals surface area contributed by atoms with Crippen molar-refractivity contribution in [3.63, 3.8) is 0 Å². The van der Waals surface area contributed by atoms with E-state index in [1.54, 1.807) is 6.92 Å². The maximum atomic E-state index is 12.7. The van der Waals surface area contributed by atoms with Crippen LogP contribution < -0.4 is 5.32 Å². The fourth-order valence-corrected chi connectivity index (χ4v) is 3.18. The zero-order valence-electron chi connectivity index (χ0n) is 15.0. The van der Waals surface area contributed by atoms with E-state index in [1.165, 1.54) is 0 Å².